The zero-order chi connectivity index (χ0) is 22.7. The average Bonchev–Trinajstić information content (AvgIpc) is 3.20. The normalized spacial score (nSPS) is 14.4. The third kappa shape index (κ3) is 5.46. The summed E-state index contributed by atoms with van der Waals surface area (Å²) in [7, 11) is -3.22. The molecule has 9 heteroatoms. The van der Waals surface area contributed by atoms with Gasteiger partial charge in [-0.25, -0.2) is 13.4 Å². The SMILES string of the molecule is Cc1cccc(N2CCN(C(=O)Cc3csc(Nc4ccc(S(C)(=O)=O)cc4)n3)CC2)c1. The Balaban J connectivity index is 1.30. The number of carbonyl (C=O) groups is 1. The number of hydrogen-bond donors (Lipinski definition) is 1. The van der Waals surface area contributed by atoms with Gasteiger partial charge in [0.2, 0.25) is 5.91 Å². The molecule has 2 heterocycles. The van der Waals surface area contributed by atoms with Gasteiger partial charge in [0.1, 0.15) is 0 Å². The highest BCUT2D eigenvalue weighted by Crippen LogP contribution is 2.23. The molecule has 0 atom stereocenters. The van der Waals surface area contributed by atoms with E-state index in [1.54, 1.807) is 24.3 Å². The minimum Gasteiger partial charge on any atom is -0.368 e. The van der Waals surface area contributed by atoms with Gasteiger partial charge in [-0.1, -0.05) is 12.1 Å². The summed E-state index contributed by atoms with van der Waals surface area (Å²) in [5.41, 5.74) is 3.92. The van der Waals surface area contributed by atoms with Crippen molar-refractivity contribution < 1.29 is 13.2 Å². The van der Waals surface area contributed by atoms with E-state index in [2.05, 4.69) is 46.4 Å². The number of thiazole rings is 1. The fourth-order valence-corrected chi connectivity index (χ4v) is 5.02. The zero-order valence-corrected chi connectivity index (χ0v) is 19.7. The van der Waals surface area contributed by atoms with Gasteiger partial charge >= 0.3 is 0 Å². The van der Waals surface area contributed by atoms with Crippen molar-refractivity contribution in [2.45, 2.75) is 18.2 Å². The maximum atomic E-state index is 12.8. The molecule has 0 bridgehead atoms. The second-order valence-corrected chi connectivity index (χ2v) is 10.8. The van der Waals surface area contributed by atoms with Crippen LogP contribution in [0.5, 0.6) is 0 Å². The van der Waals surface area contributed by atoms with E-state index in [1.807, 2.05) is 10.3 Å². The van der Waals surface area contributed by atoms with Crippen molar-refractivity contribution in [1.29, 1.82) is 0 Å². The summed E-state index contributed by atoms with van der Waals surface area (Å²) in [6.45, 7) is 5.14. The lowest BCUT2D eigenvalue weighted by molar-refractivity contribution is -0.130. The predicted octanol–water partition coefficient (Wildman–Crippen LogP) is 3.49. The summed E-state index contributed by atoms with van der Waals surface area (Å²) in [6.07, 6.45) is 1.46. The molecule has 0 aliphatic carbocycles. The molecular formula is C23H26N4O3S2. The molecule has 3 aromatic rings. The van der Waals surface area contributed by atoms with E-state index in [0.29, 0.717) is 18.2 Å². The van der Waals surface area contributed by atoms with Gasteiger partial charge in [-0.3, -0.25) is 4.79 Å². The first-order valence-electron chi connectivity index (χ1n) is 10.4. The van der Waals surface area contributed by atoms with Crippen molar-refractivity contribution >= 4 is 43.6 Å². The van der Waals surface area contributed by atoms with Gasteiger partial charge in [0, 0.05) is 49.2 Å². The first-order valence-corrected chi connectivity index (χ1v) is 13.2. The van der Waals surface area contributed by atoms with Gasteiger partial charge in [-0.05, 0) is 48.9 Å². The lowest BCUT2D eigenvalue weighted by atomic mass is 10.2. The Kier molecular flexibility index (Phi) is 6.48. The molecule has 1 fully saturated rings. The molecule has 0 unspecified atom stereocenters. The summed E-state index contributed by atoms with van der Waals surface area (Å²) in [4.78, 5) is 21.8. The molecule has 32 heavy (non-hydrogen) atoms. The second-order valence-electron chi connectivity index (χ2n) is 7.95. The molecule has 0 saturated carbocycles. The number of aromatic nitrogens is 1. The number of nitrogens with zero attached hydrogens (tertiary/aromatic N) is 3. The van der Waals surface area contributed by atoms with E-state index in [9.17, 15) is 13.2 Å². The maximum Gasteiger partial charge on any atom is 0.228 e. The van der Waals surface area contributed by atoms with E-state index in [-0.39, 0.29) is 17.2 Å². The first-order chi connectivity index (χ1) is 15.3. The van der Waals surface area contributed by atoms with E-state index < -0.39 is 9.84 Å². The van der Waals surface area contributed by atoms with E-state index in [1.165, 1.54) is 28.8 Å². The zero-order valence-electron chi connectivity index (χ0n) is 18.1. The van der Waals surface area contributed by atoms with Crippen LogP contribution in [-0.4, -0.2) is 56.6 Å². The van der Waals surface area contributed by atoms with Gasteiger partial charge in [0.05, 0.1) is 17.0 Å². The van der Waals surface area contributed by atoms with Crippen LogP contribution in [0.15, 0.2) is 58.8 Å². The van der Waals surface area contributed by atoms with Gasteiger partial charge in [0.15, 0.2) is 15.0 Å². The van der Waals surface area contributed by atoms with Crippen LogP contribution >= 0.6 is 11.3 Å². The number of benzene rings is 2. The Morgan fingerprint density at radius 3 is 2.47 bits per heavy atom. The molecule has 1 saturated heterocycles. The fraction of sp³-hybridized carbons (Fsp3) is 0.304. The van der Waals surface area contributed by atoms with Crippen molar-refractivity contribution in [1.82, 2.24) is 9.88 Å². The molecule has 0 radical (unpaired) electrons. The smallest absolute Gasteiger partial charge is 0.228 e. The number of anilines is 3. The minimum atomic E-state index is -3.22. The second kappa shape index (κ2) is 9.30. The quantitative estimate of drug-likeness (QED) is 0.594. The summed E-state index contributed by atoms with van der Waals surface area (Å²) < 4.78 is 23.1. The highest BCUT2D eigenvalue weighted by atomic mass is 32.2. The van der Waals surface area contributed by atoms with Gasteiger partial charge in [-0.15, -0.1) is 11.3 Å². The van der Waals surface area contributed by atoms with Crippen LogP contribution in [0, 0.1) is 6.92 Å². The number of sulfone groups is 1. The molecule has 1 amide bonds. The van der Waals surface area contributed by atoms with Crippen LogP contribution in [0.3, 0.4) is 0 Å². The Bertz CT molecular complexity index is 1200. The maximum absolute atomic E-state index is 12.8. The van der Waals surface area contributed by atoms with Crippen molar-refractivity contribution in [2.75, 3.05) is 42.7 Å². The summed E-state index contributed by atoms with van der Waals surface area (Å²) in [5.74, 6) is 0.0863. The van der Waals surface area contributed by atoms with E-state index in [0.717, 1.165) is 24.5 Å². The molecule has 1 aromatic heterocycles. The first kappa shape index (κ1) is 22.3. The molecule has 1 aliphatic heterocycles. The Morgan fingerprint density at radius 1 is 1.09 bits per heavy atom. The standard InChI is InChI=1S/C23H26N4O3S2/c1-17-4-3-5-20(14-17)26-10-12-27(13-11-26)22(28)15-19-16-31-23(25-19)24-18-6-8-21(9-7-18)32(2,29)30/h3-9,14,16H,10-13,15H2,1-2H3,(H,24,25). The van der Waals surface area contributed by atoms with E-state index in [4.69, 9.17) is 0 Å². The van der Waals surface area contributed by atoms with Crippen molar-refractivity contribution in [3.63, 3.8) is 0 Å². The van der Waals surface area contributed by atoms with Crippen LogP contribution < -0.4 is 10.2 Å². The molecule has 168 valence electrons. The van der Waals surface area contributed by atoms with Crippen LogP contribution in [0.2, 0.25) is 0 Å². The van der Waals surface area contributed by atoms with Gasteiger partial charge in [-0.2, -0.15) is 0 Å². The monoisotopic (exact) mass is 470 g/mol. The molecule has 1 aliphatic rings. The minimum absolute atomic E-state index is 0.0863. The molecular weight excluding hydrogens is 444 g/mol. The van der Waals surface area contributed by atoms with Crippen LogP contribution in [-0.2, 0) is 21.1 Å². The molecule has 1 N–H and O–H groups in total. The number of amides is 1. The Morgan fingerprint density at radius 2 is 1.81 bits per heavy atom. The van der Waals surface area contributed by atoms with Crippen molar-refractivity contribution in [2.24, 2.45) is 0 Å². The Labute approximate surface area is 192 Å². The topological polar surface area (TPSA) is 82.6 Å². The summed E-state index contributed by atoms with van der Waals surface area (Å²) >= 11 is 1.42. The molecule has 4 rings (SSSR count). The van der Waals surface area contributed by atoms with Gasteiger partial charge in [0.25, 0.3) is 0 Å². The number of piperazine rings is 1. The van der Waals surface area contributed by atoms with Crippen molar-refractivity contribution in [3.8, 4) is 0 Å². The molecule has 7 nitrogen and oxygen atoms in total. The average molecular weight is 471 g/mol. The largest absolute Gasteiger partial charge is 0.368 e. The number of aryl methyl sites for hydroxylation is 1. The fourth-order valence-electron chi connectivity index (χ4n) is 3.66. The number of rotatable bonds is 6. The lowest BCUT2D eigenvalue weighted by Crippen LogP contribution is -2.49. The number of nitrogens with one attached hydrogen (secondary N) is 1. The predicted molar refractivity (Wildman–Crippen MR) is 129 cm³/mol. The summed E-state index contributed by atoms with van der Waals surface area (Å²) in [5, 5.41) is 5.72. The number of hydrogen-bond acceptors (Lipinski definition) is 7. The van der Waals surface area contributed by atoms with E-state index >= 15 is 0 Å². The van der Waals surface area contributed by atoms with Crippen LogP contribution in [0.4, 0.5) is 16.5 Å². The van der Waals surface area contributed by atoms with Crippen LogP contribution in [0.1, 0.15) is 11.3 Å². The molecule has 2 aromatic carbocycles. The summed E-state index contributed by atoms with van der Waals surface area (Å²) in [6, 6.07) is 15.0. The molecule has 0 spiro atoms. The lowest BCUT2D eigenvalue weighted by Gasteiger charge is -2.36. The third-order valence-corrected chi connectivity index (χ3v) is 7.35. The highest BCUT2D eigenvalue weighted by Gasteiger charge is 2.22. The third-order valence-electron chi connectivity index (χ3n) is 5.42. The van der Waals surface area contributed by atoms with Crippen molar-refractivity contribution in [3.05, 3.63) is 65.2 Å². The van der Waals surface area contributed by atoms with Gasteiger partial charge < -0.3 is 15.1 Å². The highest BCUT2D eigenvalue weighted by molar-refractivity contribution is 7.90. The Hall–Kier alpha value is -2.91. The van der Waals surface area contributed by atoms with Crippen LogP contribution in [0.25, 0.3) is 0 Å². The number of carbonyl (C=O) groups excluding carboxylic acids is 1.